The normalized spacial score (nSPS) is 23.5. The topological polar surface area (TPSA) is 169 Å². The van der Waals surface area contributed by atoms with Gasteiger partial charge in [0.15, 0.2) is 6.29 Å². The molecule has 8 unspecified atom stereocenters. The quantitative estimate of drug-likeness (QED) is 0.0389. The largest absolute Gasteiger partial charge is 0.394 e. The molecule has 0 radical (unpaired) electrons. The minimum absolute atomic E-state index is 0.304. The predicted octanol–water partition coefficient (Wildman–Crippen LogP) is 5.35. The number of hydrogen-bond donors (Lipinski definition) is 7. The Morgan fingerprint density at radius 1 is 0.708 bits per heavy atom. The Kier molecular flexibility index (Phi) is 27.3. The van der Waals surface area contributed by atoms with Crippen LogP contribution in [0.1, 0.15) is 149 Å². The second-order valence-electron chi connectivity index (χ2n) is 13.5. The van der Waals surface area contributed by atoms with E-state index in [0.717, 1.165) is 32.1 Å². The van der Waals surface area contributed by atoms with Gasteiger partial charge >= 0.3 is 0 Å². The van der Waals surface area contributed by atoms with Crippen LogP contribution in [0.2, 0.25) is 0 Å². The highest BCUT2D eigenvalue weighted by molar-refractivity contribution is 5.80. The molecule has 0 bridgehead atoms. The van der Waals surface area contributed by atoms with Gasteiger partial charge in [0, 0.05) is 0 Å². The average Bonchev–Trinajstić information content (AvgIpc) is 3.08. The van der Waals surface area contributed by atoms with Crippen LogP contribution in [0.25, 0.3) is 0 Å². The van der Waals surface area contributed by atoms with Crippen LogP contribution in [0.15, 0.2) is 24.3 Å². The van der Waals surface area contributed by atoms with E-state index in [1.807, 2.05) is 6.08 Å². The number of allylic oxidation sites excluding steroid dienone is 3. The second-order valence-corrected chi connectivity index (χ2v) is 13.5. The Morgan fingerprint density at radius 3 is 1.81 bits per heavy atom. The second kappa shape index (κ2) is 29.4. The molecule has 1 aliphatic heterocycles. The molecule has 1 aliphatic rings. The lowest BCUT2D eigenvalue weighted by Crippen LogP contribution is -2.60. The van der Waals surface area contributed by atoms with E-state index >= 15 is 0 Å². The van der Waals surface area contributed by atoms with Gasteiger partial charge in [0.05, 0.1) is 25.4 Å². The van der Waals surface area contributed by atoms with Crippen molar-refractivity contribution >= 4 is 5.91 Å². The molecule has 10 heteroatoms. The van der Waals surface area contributed by atoms with Crippen molar-refractivity contribution in [1.82, 2.24) is 5.32 Å². The molecule has 7 N–H and O–H groups in total. The fourth-order valence-electron chi connectivity index (χ4n) is 5.88. The zero-order valence-corrected chi connectivity index (χ0v) is 30.1. The third-order valence-corrected chi connectivity index (χ3v) is 9.14. The van der Waals surface area contributed by atoms with E-state index in [4.69, 9.17) is 9.47 Å². The maximum atomic E-state index is 12.9. The fraction of sp³-hybridized carbons (Fsp3) is 0.868. The van der Waals surface area contributed by atoms with Crippen molar-refractivity contribution in [2.75, 3.05) is 13.2 Å². The first-order valence-corrected chi connectivity index (χ1v) is 19.2. The number of nitrogens with one attached hydrogen (secondary N) is 1. The van der Waals surface area contributed by atoms with Crippen molar-refractivity contribution in [1.29, 1.82) is 0 Å². The summed E-state index contributed by atoms with van der Waals surface area (Å²) in [4.78, 5) is 12.9. The number of aliphatic hydroxyl groups excluding tert-OH is 6. The van der Waals surface area contributed by atoms with Crippen molar-refractivity contribution in [3.8, 4) is 0 Å². The third kappa shape index (κ3) is 20.3. The Balaban J connectivity index is 2.56. The maximum Gasteiger partial charge on any atom is 0.249 e. The molecule has 0 aromatic carbocycles. The van der Waals surface area contributed by atoms with E-state index in [-0.39, 0.29) is 6.61 Å². The van der Waals surface area contributed by atoms with Gasteiger partial charge < -0.3 is 45.4 Å². The minimum Gasteiger partial charge on any atom is -0.394 e. The number of carbonyl (C=O) groups is 1. The Morgan fingerprint density at radius 2 is 1.23 bits per heavy atom. The highest BCUT2D eigenvalue weighted by Gasteiger charge is 2.44. The van der Waals surface area contributed by atoms with E-state index in [2.05, 4.69) is 31.3 Å². The number of unbranched alkanes of at least 4 members (excludes halogenated alkanes) is 17. The number of aliphatic hydroxyl groups is 6. The molecule has 10 nitrogen and oxygen atoms in total. The molecule has 1 rings (SSSR count). The monoisotopic (exact) mass is 686 g/mol. The average molecular weight is 686 g/mol. The van der Waals surface area contributed by atoms with Crippen LogP contribution >= 0.6 is 0 Å². The number of carbonyl (C=O) groups excluding carboxylic acids is 1. The fourth-order valence-corrected chi connectivity index (χ4v) is 5.88. The molecular formula is C38H71NO9. The van der Waals surface area contributed by atoms with Gasteiger partial charge in [0.25, 0.3) is 0 Å². The van der Waals surface area contributed by atoms with Crippen LogP contribution in [-0.4, -0.2) is 98.7 Å². The first-order chi connectivity index (χ1) is 23.3. The molecule has 0 aliphatic carbocycles. The summed E-state index contributed by atoms with van der Waals surface area (Å²) < 4.78 is 11.0. The molecule has 0 saturated carbocycles. The lowest BCUT2D eigenvalue weighted by atomic mass is 9.99. The number of rotatable bonds is 30. The number of ether oxygens (including phenoxy) is 2. The molecule has 0 spiro atoms. The van der Waals surface area contributed by atoms with Gasteiger partial charge in [-0.15, -0.1) is 0 Å². The first-order valence-electron chi connectivity index (χ1n) is 19.2. The summed E-state index contributed by atoms with van der Waals surface area (Å²) in [6, 6.07) is -0.989. The molecular weight excluding hydrogens is 614 g/mol. The van der Waals surface area contributed by atoms with Crippen molar-refractivity contribution in [3.05, 3.63) is 24.3 Å². The van der Waals surface area contributed by atoms with Crippen LogP contribution in [-0.2, 0) is 14.3 Å². The number of amides is 1. The highest BCUT2D eigenvalue weighted by Crippen LogP contribution is 2.22. The van der Waals surface area contributed by atoms with Crippen molar-refractivity contribution in [2.24, 2.45) is 0 Å². The van der Waals surface area contributed by atoms with E-state index in [9.17, 15) is 35.4 Å². The van der Waals surface area contributed by atoms with Crippen LogP contribution in [0.5, 0.6) is 0 Å². The summed E-state index contributed by atoms with van der Waals surface area (Å²) in [6.07, 6.45) is 21.4. The van der Waals surface area contributed by atoms with Gasteiger partial charge in [-0.3, -0.25) is 4.79 Å². The molecule has 282 valence electrons. The van der Waals surface area contributed by atoms with Crippen LogP contribution in [0.4, 0.5) is 0 Å². The molecule has 0 aromatic rings. The Hall–Kier alpha value is -1.37. The van der Waals surface area contributed by atoms with Gasteiger partial charge in [-0.25, -0.2) is 0 Å². The van der Waals surface area contributed by atoms with Gasteiger partial charge in [0.1, 0.15) is 30.5 Å². The molecule has 1 fully saturated rings. The lowest BCUT2D eigenvalue weighted by Gasteiger charge is -2.40. The molecule has 0 aromatic heterocycles. The Bertz CT molecular complexity index is 824. The van der Waals surface area contributed by atoms with Crippen LogP contribution in [0.3, 0.4) is 0 Å². The SMILES string of the molecule is CCCCCCCCCCC/C=C/CC/C=C/C(O)C(COC1OC(CO)C(O)C(O)C1O)NC(=O)C(O)CCCCCCCCCC. The summed E-state index contributed by atoms with van der Waals surface area (Å²) in [5, 5.41) is 64.1. The van der Waals surface area contributed by atoms with Crippen LogP contribution < -0.4 is 5.32 Å². The molecule has 1 amide bonds. The maximum absolute atomic E-state index is 12.9. The van der Waals surface area contributed by atoms with Gasteiger partial charge in [0.2, 0.25) is 5.91 Å². The summed E-state index contributed by atoms with van der Waals surface area (Å²) >= 11 is 0. The van der Waals surface area contributed by atoms with Gasteiger partial charge in [-0.2, -0.15) is 0 Å². The molecule has 8 atom stereocenters. The smallest absolute Gasteiger partial charge is 0.249 e. The van der Waals surface area contributed by atoms with E-state index in [1.165, 1.54) is 83.5 Å². The summed E-state index contributed by atoms with van der Waals surface area (Å²) in [7, 11) is 0. The third-order valence-electron chi connectivity index (χ3n) is 9.14. The van der Waals surface area contributed by atoms with Crippen molar-refractivity contribution in [3.63, 3.8) is 0 Å². The lowest BCUT2D eigenvalue weighted by molar-refractivity contribution is -0.302. The summed E-state index contributed by atoms with van der Waals surface area (Å²) in [5.41, 5.74) is 0. The highest BCUT2D eigenvalue weighted by atomic mass is 16.7. The minimum atomic E-state index is -1.61. The van der Waals surface area contributed by atoms with E-state index in [0.29, 0.717) is 19.3 Å². The standard InChI is InChI=1S/C38H71NO9/c1-3-5-7-9-11-13-14-15-16-17-18-19-21-22-24-26-31(41)30(29-47-38-36(45)35(44)34(43)33(28-40)48-38)39-37(46)32(42)27-25-23-20-12-10-8-6-4-2/h18-19,24,26,30-36,38,40-45H,3-17,20-23,25,27-29H2,1-2H3,(H,39,46)/b19-18+,26-24+. The summed E-state index contributed by atoms with van der Waals surface area (Å²) in [6.45, 7) is 3.51. The van der Waals surface area contributed by atoms with Crippen LogP contribution in [0, 0.1) is 0 Å². The zero-order chi connectivity index (χ0) is 35.4. The molecule has 1 heterocycles. The summed E-state index contributed by atoms with van der Waals surface area (Å²) in [5.74, 6) is -0.632. The van der Waals surface area contributed by atoms with E-state index < -0.39 is 61.5 Å². The first kappa shape index (κ1) is 44.7. The van der Waals surface area contributed by atoms with Gasteiger partial charge in [-0.1, -0.05) is 141 Å². The molecule has 1 saturated heterocycles. The molecule has 48 heavy (non-hydrogen) atoms. The predicted molar refractivity (Wildman–Crippen MR) is 190 cm³/mol. The van der Waals surface area contributed by atoms with E-state index in [1.54, 1.807) is 6.08 Å². The van der Waals surface area contributed by atoms with Crippen molar-refractivity contribution < 1.29 is 44.9 Å². The van der Waals surface area contributed by atoms with Crippen molar-refractivity contribution in [2.45, 2.75) is 198 Å². The zero-order valence-electron chi connectivity index (χ0n) is 30.1. The Labute approximate surface area is 291 Å². The number of hydrogen-bond acceptors (Lipinski definition) is 9. The van der Waals surface area contributed by atoms with Gasteiger partial charge in [-0.05, 0) is 32.1 Å².